The van der Waals surface area contributed by atoms with E-state index >= 15 is 0 Å². The Bertz CT molecular complexity index is 1380. The average Bonchev–Trinajstić information content (AvgIpc) is 3.17. The van der Waals surface area contributed by atoms with E-state index in [0.717, 1.165) is 48.0 Å². The SMILES string of the molecule is Cc1cc(C)n(-c2ccc(=O)n(C3CCC(NC(=O)c4ccc5ccccc5n4)CC3)n2)n1. The molecule has 3 heterocycles. The van der Waals surface area contributed by atoms with Crippen LogP contribution in [0.25, 0.3) is 16.7 Å². The highest BCUT2D eigenvalue weighted by molar-refractivity contribution is 5.95. The summed E-state index contributed by atoms with van der Waals surface area (Å²) in [5.74, 6) is 0.476. The molecule has 1 aromatic carbocycles. The van der Waals surface area contributed by atoms with Crippen LogP contribution in [0.2, 0.25) is 0 Å². The molecule has 0 saturated heterocycles. The lowest BCUT2D eigenvalue weighted by Crippen LogP contribution is -2.40. The van der Waals surface area contributed by atoms with E-state index in [4.69, 9.17) is 0 Å². The number of para-hydroxylation sites is 1. The molecule has 8 nitrogen and oxygen atoms in total. The molecule has 4 aromatic rings. The highest BCUT2D eigenvalue weighted by Gasteiger charge is 2.26. The topological polar surface area (TPSA) is 94.7 Å². The van der Waals surface area contributed by atoms with Crippen LogP contribution < -0.4 is 10.9 Å². The van der Waals surface area contributed by atoms with Gasteiger partial charge in [-0.1, -0.05) is 24.3 Å². The lowest BCUT2D eigenvalue weighted by atomic mass is 9.91. The molecule has 1 fully saturated rings. The van der Waals surface area contributed by atoms with Crippen LogP contribution in [-0.2, 0) is 0 Å². The molecule has 5 rings (SSSR count). The molecule has 0 spiro atoms. The van der Waals surface area contributed by atoms with Gasteiger partial charge in [-0.25, -0.2) is 14.3 Å². The van der Waals surface area contributed by atoms with Crippen LogP contribution >= 0.6 is 0 Å². The summed E-state index contributed by atoms with van der Waals surface area (Å²) in [6, 6.07) is 16.7. The maximum absolute atomic E-state index is 12.7. The third-order valence-electron chi connectivity index (χ3n) is 6.25. The third-order valence-corrected chi connectivity index (χ3v) is 6.25. The van der Waals surface area contributed by atoms with Gasteiger partial charge in [0.25, 0.3) is 11.5 Å². The summed E-state index contributed by atoms with van der Waals surface area (Å²) in [6.45, 7) is 3.90. The maximum Gasteiger partial charge on any atom is 0.270 e. The molecule has 3 aromatic heterocycles. The van der Waals surface area contributed by atoms with Gasteiger partial charge >= 0.3 is 0 Å². The number of hydrogen-bond acceptors (Lipinski definition) is 5. The van der Waals surface area contributed by atoms with Crippen LogP contribution in [0.15, 0.2) is 59.4 Å². The Morgan fingerprint density at radius 2 is 1.76 bits per heavy atom. The molecule has 33 heavy (non-hydrogen) atoms. The molecule has 1 amide bonds. The summed E-state index contributed by atoms with van der Waals surface area (Å²) >= 11 is 0. The Balaban J connectivity index is 1.26. The molecule has 1 saturated carbocycles. The number of aromatic nitrogens is 5. The lowest BCUT2D eigenvalue weighted by Gasteiger charge is -2.29. The number of hydrogen-bond donors (Lipinski definition) is 1. The lowest BCUT2D eigenvalue weighted by molar-refractivity contribution is 0.0916. The Labute approximate surface area is 191 Å². The molecular weight excluding hydrogens is 416 g/mol. The summed E-state index contributed by atoms with van der Waals surface area (Å²) in [4.78, 5) is 29.8. The van der Waals surface area contributed by atoms with Gasteiger partial charge in [-0.2, -0.15) is 5.10 Å². The first-order valence-electron chi connectivity index (χ1n) is 11.3. The van der Waals surface area contributed by atoms with E-state index in [1.807, 2.05) is 50.2 Å². The van der Waals surface area contributed by atoms with Crippen LogP contribution in [0.4, 0.5) is 0 Å². The fourth-order valence-corrected chi connectivity index (χ4v) is 4.57. The molecule has 168 valence electrons. The molecule has 8 heteroatoms. The number of pyridine rings is 1. The van der Waals surface area contributed by atoms with Gasteiger partial charge in [0.05, 0.1) is 17.3 Å². The first-order valence-corrected chi connectivity index (χ1v) is 11.3. The molecule has 1 aliphatic carbocycles. The van der Waals surface area contributed by atoms with Crippen molar-refractivity contribution in [2.45, 2.75) is 51.6 Å². The van der Waals surface area contributed by atoms with Crippen molar-refractivity contribution in [3.8, 4) is 5.82 Å². The molecular formula is C25H26N6O2. The van der Waals surface area contributed by atoms with Gasteiger partial charge in [-0.15, -0.1) is 5.10 Å². The molecule has 1 N–H and O–H groups in total. The highest BCUT2D eigenvalue weighted by atomic mass is 16.2. The average molecular weight is 443 g/mol. The predicted octanol–water partition coefficient (Wildman–Crippen LogP) is 3.51. The van der Waals surface area contributed by atoms with E-state index < -0.39 is 0 Å². The number of rotatable bonds is 4. The van der Waals surface area contributed by atoms with E-state index in [0.29, 0.717) is 11.5 Å². The van der Waals surface area contributed by atoms with Crippen molar-refractivity contribution in [1.82, 2.24) is 29.9 Å². The Kier molecular flexibility index (Phi) is 5.50. The highest BCUT2D eigenvalue weighted by Crippen LogP contribution is 2.27. The second-order valence-electron chi connectivity index (χ2n) is 8.68. The number of aryl methyl sites for hydroxylation is 2. The number of benzene rings is 1. The van der Waals surface area contributed by atoms with Crippen molar-refractivity contribution in [1.29, 1.82) is 0 Å². The summed E-state index contributed by atoms with van der Waals surface area (Å²) < 4.78 is 3.34. The number of amides is 1. The largest absolute Gasteiger partial charge is 0.348 e. The van der Waals surface area contributed by atoms with Crippen LogP contribution in [0, 0.1) is 13.8 Å². The Morgan fingerprint density at radius 3 is 2.52 bits per heavy atom. The zero-order chi connectivity index (χ0) is 22.9. The van der Waals surface area contributed by atoms with E-state index in [2.05, 4.69) is 20.5 Å². The van der Waals surface area contributed by atoms with Gasteiger partial charge in [0.2, 0.25) is 0 Å². The quantitative estimate of drug-likeness (QED) is 0.522. The van der Waals surface area contributed by atoms with Crippen molar-refractivity contribution >= 4 is 16.8 Å². The van der Waals surface area contributed by atoms with Crippen molar-refractivity contribution < 1.29 is 4.79 Å². The first-order chi connectivity index (χ1) is 16.0. The van der Waals surface area contributed by atoms with Gasteiger partial charge in [-0.05, 0) is 63.8 Å². The Morgan fingerprint density at radius 1 is 0.970 bits per heavy atom. The molecule has 0 aliphatic heterocycles. The van der Waals surface area contributed by atoms with Crippen molar-refractivity contribution in [2.24, 2.45) is 0 Å². The monoisotopic (exact) mass is 442 g/mol. The van der Waals surface area contributed by atoms with E-state index in [1.54, 1.807) is 27.6 Å². The number of nitrogens with one attached hydrogen (secondary N) is 1. The number of carbonyl (C=O) groups excluding carboxylic acids is 1. The second-order valence-corrected chi connectivity index (χ2v) is 8.68. The molecule has 1 aliphatic rings. The fourth-order valence-electron chi connectivity index (χ4n) is 4.57. The minimum atomic E-state index is -0.161. The minimum Gasteiger partial charge on any atom is -0.348 e. The third kappa shape index (κ3) is 4.28. The predicted molar refractivity (Wildman–Crippen MR) is 126 cm³/mol. The van der Waals surface area contributed by atoms with Gasteiger partial charge in [0, 0.05) is 23.2 Å². The minimum absolute atomic E-state index is 0.00126. The molecule has 0 unspecified atom stereocenters. The van der Waals surface area contributed by atoms with Crippen LogP contribution in [0.3, 0.4) is 0 Å². The van der Waals surface area contributed by atoms with Crippen LogP contribution in [0.1, 0.15) is 53.6 Å². The second kappa shape index (κ2) is 8.61. The van der Waals surface area contributed by atoms with Gasteiger partial charge in [0.1, 0.15) is 5.69 Å². The van der Waals surface area contributed by atoms with E-state index in [9.17, 15) is 9.59 Å². The van der Waals surface area contributed by atoms with Crippen LogP contribution in [-0.4, -0.2) is 36.5 Å². The van der Waals surface area contributed by atoms with Crippen molar-refractivity contribution in [3.63, 3.8) is 0 Å². The molecule has 0 atom stereocenters. The summed E-state index contributed by atoms with van der Waals surface area (Å²) in [6.07, 6.45) is 3.09. The standard InChI is InChI=1S/C25H26N6O2/c1-16-15-17(2)30(28-16)23-13-14-24(32)31(29-23)20-10-8-19(9-11-20)26-25(33)22-12-7-18-5-3-4-6-21(18)27-22/h3-7,12-15,19-20H,8-11H2,1-2H3,(H,26,33). The van der Waals surface area contributed by atoms with Gasteiger partial charge in [-0.3, -0.25) is 9.59 Å². The number of nitrogens with zero attached hydrogens (tertiary/aromatic N) is 5. The molecule has 0 bridgehead atoms. The van der Waals surface area contributed by atoms with Crippen LogP contribution in [0.5, 0.6) is 0 Å². The summed E-state index contributed by atoms with van der Waals surface area (Å²) in [7, 11) is 0. The van der Waals surface area contributed by atoms with E-state index in [-0.39, 0.29) is 23.6 Å². The normalized spacial score (nSPS) is 18.4. The zero-order valence-electron chi connectivity index (χ0n) is 18.7. The smallest absolute Gasteiger partial charge is 0.270 e. The summed E-state index contributed by atoms with van der Waals surface area (Å²) in [5, 5.41) is 13.2. The number of carbonyl (C=O) groups is 1. The maximum atomic E-state index is 12.7. The molecule has 0 radical (unpaired) electrons. The fraction of sp³-hybridized carbons (Fsp3) is 0.320. The Hall–Kier alpha value is -3.81. The van der Waals surface area contributed by atoms with Crippen molar-refractivity contribution in [2.75, 3.05) is 0 Å². The zero-order valence-corrected chi connectivity index (χ0v) is 18.7. The van der Waals surface area contributed by atoms with Crippen molar-refractivity contribution in [3.05, 3.63) is 82.0 Å². The van der Waals surface area contributed by atoms with Gasteiger partial charge < -0.3 is 5.32 Å². The first kappa shape index (κ1) is 21.1. The van der Waals surface area contributed by atoms with E-state index in [1.165, 1.54) is 0 Å². The summed E-state index contributed by atoms with van der Waals surface area (Å²) in [5.41, 5.74) is 2.99. The van der Waals surface area contributed by atoms with Gasteiger partial charge in [0.15, 0.2) is 5.82 Å². The number of fused-ring (bicyclic) bond motifs is 1.